The third-order valence-electron chi connectivity index (χ3n) is 4.12. The molecule has 0 amide bonds. The Hall–Kier alpha value is -1.92. The van der Waals surface area contributed by atoms with Crippen LogP contribution in [0.5, 0.6) is 0 Å². The van der Waals surface area contributed by atoms with E-state index in [2.05, 4.69) is 39.2 Å². The summed E-state index contributed by atoms with van der Waals surface area (Å²) in [5.41, 5.74) is 3.30. The molecule has 0 spiro atoms. The van der Waals surface area contributed by atoms with Crippen LogP contribution in [0.2, 0.25) is 0 Å². The van der Waals surface area contributed by atoms with E-state index >= 15 is 0 Å². The van der Waals surface area contributed by atoms with Crippen molar-refractivity contribution in [2.75, 3.05) is 20.3 Å². The monoisotopic (exact) mass is 330 g/mol. The van der Waals surface area contributed by atoms with Crippen molar-refractivity contribution in [2.45, 2.75) is 25.4 Å². The Labute approximate surface area is 142 Å². The van der Waals surface area contributed by atoms with Gasteiger partial charge in [-0.25, -0.2) is 0 Å². The van der Waals surface area contributed by atoms with E-state index in [1.54, 1.807) is 7.11 Å². The molecule has 3 rings (SSSR count). The molecular formula is C17H22N4OS. The first-order valence-corrected chi connectivity index (χ1v) is 8.24. The Bertz CT molecular complexity index is 658. The van der Waals surface area contributed by atoms with Crippen LogP contribution < -0.4 is 5.32 Å². The number of nitrogens with zero attached hydrogens (tertiary/aromatic N) is 2. The van der Waals surface area contributed by atoms with Crippen LogP contribution in [0, 0.1) is 6.92 Å². The summed E-state index contributed by atoms with van der Waals surface area (Å²) in [4.78, 5) is 10.2. The van der Waals surface area contributed by atoms with Crippen LogP contribution in [-0.2, 0) is 4.74 Å². The summed E-state index contributed by atoms with van der Waals surface area (Å²) in [6, 6.07) is 10.4. The van der Waals surface area contributed by atoms with E-state index in [1.807, 2.05) is 24.4 Å². The van der Waals surface area contributed by atoms with E-state index in [0.717, 1.165) is 41.8 Å². The van der Waals surface area contributed by atoms with Crippen molar-refractivity contribution >= 4 is 17.3 Å². The van der Waals surface area contributed by atoms with Crippen LogP contribution in [0.4, 0.5) is 0 Å². The molecule has 5 nitrogen and oxygen atoms in total. The largest absolute Gasteiger partial charge is 0.385 e. The smallest absolute Gasteiger partial charge is 0.170 e. The molecule has 1 aliphatic heterocycles. The average molecular weight is 330 g/mol. The van der Waals surface area contributed by atoms with Crippen LogP contribution >= 0.6 is 12.2 Å². The maximum absolute atomic E-state index is 5.58. The number of aryl methyl sites for hydroxylation is 1. The molecule has 0 aliphatic carbocycles. The summed E-state index contributed by atoms with van der Waals surface area (Å²) >= 11 is 5.58. The minimum Gasteiger partial charge on any atom is -0.385 e. The van der Waals surface area contributed by atoms with Crippen molar-refractivity contribution in [2.24, 2.45) is 0 Å². The highest BCUT2D eigenvalue weighted by Crippen LogP contribution is 2.37. The molecule has 2 atom stereocenters. The fraction of sp³-hybridized carbons (Fsp3) is 0.412. The van der Waals surface area contributed by atoms with Crippen molar-refractivity contribution in [1.82, 2.24) is 20.2 Å². The molecule has 0 saturated carbocycles. The van der Waals surface area contributed by atoms with Crippen LogP contribution in [0.25, 0.3) is 0 Å². The fourth-order valence-electron chi connectivity index (χ4n) is 3.06. The number of methoxy groups -OCH3 is 1. The predicted octanol–water partition coefficient (Wildman–Crippen LogP) is 2.73. The molecule has 2 aromatic rings. The van der Waals surface area contributed by atoms with E-state index in [4.69, 9.17) is 17.0 Å². The summed E-state index contributed by atoms with van der Waals surface area (Å²) in [7, 11) is 1.73. The van der Waals surface area contributed by atoms with Gasteiger partial charge in [-0.05, 0) is 49.8 Å². The van der Waals surface area contributed by atoms with Gasteiger partial charge in [0, 0.05) is 37.8 Å². The minimum absolute atomic E-state index is 0.0456. The van der Waals surface area contributed by atoms with E-state index in [0.29, 0.717) is 0 Å². The van der Waals surface area contributed by atoms with Gasteiger partial charge in [0.15, 0.2) is 5.11 Å². The molecule has 6 heteroatoms. The molecule has 3 heterocycles. The highest BCUT2D eigenvalue weighted by molar-refractivity contribution is 7.80. The van der Waals surface area contributed by atoms with E-state index < -0.39 is 0 Å². The predicted molar refractivity (Wildman–Crippen MR) is 94.2 cm³/mol. The number of H-pyrrole nitrogens is 1. The molecule has 0 radical (unpaired) electrons. The molecule has 23 heavy (non-hydrogen) atoms. The molecule has 1 fully saturated rings. The van der Waals surface area contributed by atoms with Gasteiger partial charge in [0.05, 0.1) is 17.8 Å². The second-order valence-corrected chi connectivity index (χ2v) is 6.15. The van der Waals surface area contributed by atoms with E-state index in [-0.39, 0.29) is 12.1 Å². The number of thiocarbonyl (C=S) groups is 1. The Balaban J connectivity index is 1.91. The Morgan fingerprint density at radius 1 is 1.30 bits per heavy atom. The maximum atomic E-state index is 5.58. The van der Waals surface area contributed by atoms with Gasteiger partial charge in [-0.2, -0.15) is 0 Å². The zero-order chi connectivity index (χ0) is 16.2. The maximum Gasteiger partial charge on any atom is 0.170 e. The minimum atomic E-state index is 0.0456. The fourth-order valence-corrected chi connectivity index (χ4v) is 3.39. The van der Waals surface area contributed by atoms with Gasteiger partial charge in [0.2, 0.25) is 0 Å². The molecule has 1 saturated heterocycles. The second-order valence-electron chi connectivity index (χ2n) is 5.76. The number of hydrogen-bond acceptors (Lipinski definition) is 3. The van der Waals surface area contributed by atoms with Crippen molar-refractivity contribution in [1.29, 1.82) is 0 Å². The van der Waals surface area contributed by atoms with Gasteiger partial charge in [-0.1, -0.05) is 6.07 Å². The topological polar surface area (TPSA) is 53.2 Å². The number of ether oxygens (including phenoxy) is 1. The lowest BCUT2D eigenvalue weighted by molar-refractivity contribution is 0.180. The highest BCUT2D eigenvalue weighted by atomic mass is 32.1. The SMILES string of the molecule is COCCCN1C(=S)N[C@H](c2ccccn2)[C@@H]1c1ccc(C)[nH]1. The van der Waals surface area contributed by atoms with E-state index in [9.17, 15) is 0 Å². The summed E-state index contributed by atoms with van der Waals surface area (Å²) in [5.74, 6) is 0. The zero-order valence-corrected chi connectivity index (χ0v) is 14.3. The first-order chi connectivity index (χ1) is 11.2. The lowest BCUT2D eigenvalue weighted by atomic mass is 10.0. The van der Waals surface area contributed by atoms with Crippen LogP contribution in [-0.4, -0.2) is 40.2 Å². The van der Waals surface area contributed by atoms with E-state index in [1.165, 1.54) is 0 Å². The molecule has 2 aromatic heterocycles. The second kappa shape index (κ2) is 7.10. The molecular weight excluding hydrogens is 308 g/mol. The number of hydrogen-bond donors (Lipinski definition) is 2. The van der Waals surface area contributed by atoms with Crippen molar-refractivity contribution in [3.8, 4) is 0 Å². The van der Waals surface area contributed by atoms with Gasteiger partial charge in [-0.3, -0.25) is 4.98 Å². The van der Waals surface area contributed by atoms with Crippen molar-refractivity contribution in [3.05, 3.63) is 53.6 Å². The zero-order valence-electron chi connectivity index (χ0n) is 13.5. The van der Waals surface area contributed by atoms with Crippen LogP contribution in [0.15, 0.2) is 36.5 Å². The third kappa shape index (κ3) is 3.38. The average Bonchev–Trinajstić information content (AvgIpc) is 3.12. The standard InChI is InChI=1S/C17H22N4OS/c1-12-7-8-14(19-12)16-15(13-6-3-4-9-18-13)20-17(23)21(16)10-5-11-22-2/h3-4,6-9,15-16,19H,5,10-11H2,1-2H3,(H,20,23)/t15-,16+/m1/s1. The first-order valence-electron chi connectivity index (χ1n) is 7.83. The summed E-state index contributed by atoms with van der Waals surface area (Å²) in [6.07, 6.45) is 2.76. The number of rotatable bonds is 6. The number of pyridine rings is 1. The molecule has 0 aromatic carbocycles. The number of nitrogens with one attached hydrogen (secondary N) is 2. The normalized spacial score (nSPS) is 20.8. The van der Waals surface area contributed by atoms with Gasteiger partial charge in [0.1, 0.15) is 0 Å². The van der Waals surface area contributed by atoms with Crippen LogP contribution in [0.1, 0.15) is 35.6 Å². The number of aromatic nitrogens is 2. The summed E-state index contributed by atoms with van der Waals surface area (Å²) in [6.45, 7) is 3.64. The molecule has 0 bridgehead atoms. The molecule has 0 unspecified atom stereocenters. The lowest BCUT2D eigenvalue weighted by Crippen LogP contribution is -2.31. The Kier molecular flexibility index (Phi) is 4.93. The van der Waals surface area contributed by atoms with Crippen molar-refractivity contribution in [3.63, 3.8) is 0 Å². The lowest BCUT2D eigenvalue weighted by Gasteiger charge is -2.27. The van der Waals surface area contributed by atoms with Gasteiger partial charge >= 0.3 is 0 Å². The summed E-state index contributed by atoms with van der Waals surface area (Å²) < 4.78 is 5.18. The van der Waals surface area contributed by atoms with Gasteiger partial charge in [0.25, 0.3) is 0 Å². The number of aromatic amines is 1. The molecule has 122 valence electrons. The summed E-state index contributed by atoms with van der Waals surface area (Å²) in [5, 5.41) is 4.21. The van der Waals surface area contributed by atoms with Crippen molar-refractivity contribution < 1.29 is 4.74 Å². The van der Waals surface area contributed by atoms with Gasteiger partial charge < -0.3 is 19.9 Å². The van der Waals surface area contributed by atoms with Gasteiger partial charge in [-0.15, -0.1) is 0 Å². The Morgan fingerprint density at radius 2 is 2.17 bits per heavy atom. The molecule has 1 aliphatic rings. The Morgan fingerprint density at radius 3 is 2.83 bits per heavy atom. The van der Waals surface area contributed by atoms with Crippen LogP contribution in [0.3, 0.4) is 0 Å². The highest BCUT2D eigenvalue weighted by Gasteiger charge is 2.39. The quantitative estimate of drug-likeness (QED) is 0.630. The molecule has 2 N–H and O–H groups in total. The first kappa shape index (κ1) is 16.0. The third-order valence-corrected chi connectivity index (χ3v) is 4.47.